The van der Waals surface area contributed by atoms with Crippen molar-refractivity contribution in [3.05, 3.63) is 29.3 Å². The number of hydrogen-bond donors (Lipinski definition) is 0. The van der Waals surface area contributed by atoms with Crippen LogP contribution in [0.25, 0.3) is 0 Å². The Balaban J connectivity index is 2.32. The van der Waals surface area contributed by atoms with Crippen molar-refractivity contribution < 1.29 is 9.47 Å². The van der Waals surface area contributed by atoms with Crippen LogP contribution in [0.15, 0.2) is 18.2 Å². The summed E-state index contributed by atoms with van der Waals surface area (Å²) in [5.74, 6) is 1.54. The summed E-state index contributed by atoms with van der Waals surface area (Å²) >= 11 is 0. The van der Waals surface area contributed by atoms with Gasteiger partial charge in [0.25, 0.3) is 0 Å². The lowest BCUT2D eigenvalue weighted by molar-refractivity contribution is 0.107. The number of fused-ring (bicyclic) bond motifs is 1. The van der Waals surface area contributed by atoms with Gasteiger partial charge in [-0.1, -0.05) is 19.9 Å². The lowest BCUT2D eigenvalue weighted by atomic mass is 10.0. The van der Waals surface area contributed by atoms with Crippen LogP contribution in [0.5, 0.6) is 5.75 Å². The topological polar surface area (TPSA) is 18.5 Å². The maximum atomic E-state index is 5.56. The molecule has 2 nitrogen and oxygen atoms in total. The molecule has 0 radical (unpaired) electrons. The largest absolute Gasteiger partial charge is 0.491 e. The van der Waals surface area contributed by atoms with Gasteiger partial charge >= 0.3 is 0 Å². The molecule has 0 bridgehead atoms. The van der Waals surface area contributed by atoms with Crippen LogP contribution in [0.4, 0.5) is 0 Å². The minimum Gasteiger partial charge on any atom is -0.491 e. The molecule has 76 valence electrons. The molecule has 1 heterocycles. The SMILES string of the molecule is CC(C)c1ccc2c(c1)COCCO2. The van der Waals surface area contributed by atoms with E-state index < -0.39 is 0 Å². The summed E-state index contributed by atoms with van der Waals surface area (Å²) in [5, 5.41) is 0. The molecule has 1 aromatic rings. The summed E-state index contributed by atoms with van der Waals surface area (Å²) in [7, 11) is 0. The monoisotopic (exact) mass is 192 g/mol. The first-order valence-corrected chi connectivity index (χ1v) is 5.11. The zero-order valence-electron chi connectivity index (χ0n) is 8.75. The summed E-state index contributed by atoms with van der Waals surface area (Å²) in [6.45, 7) is 6.41. The van der Waals surface area contributed by atoms with Gasteiger partial charge in [-0.2, -0.15) is 0 Å². The minimum atomic E-state index is 0.559. The Hall–Kier alpha value is -1.02. The molecule has 0 aromatic heterocycles. The molecule has 0 aliphatic carbocycles. The quantitative estimate of drug-likeness (QED) is 0.681. The number of benzene rings is 1. The zero-order chi connectivity index (χ0) is 9.97. The fourth-order valence-corrected chi connectivity index (χ4v) is 1.60. The summed E-state index contributed by atoms with van der Waals surface area (Å²) < 4.78 is 11.0. The molecule has 1 aliphatic heterocycles. The van der Waals surface area contributed by atoms with E-state index in [4.69, 9.17) is 9.47 Å². The molecule has 0 saturated heterocycles. The molecule has 1 aliphatic rings. The van der Waals surface area contributed by atoms with E-state index in [1.165, 1.54) is 11.1 Å². The fourth-order valence-electron chi connectivity index (χ4n) is 1.60. The third-order valence-electron chi connectivity index (χ3n) is 2.49. The Labute approximate surface area is 84.8 Å². The van der Waals surface area contributed by atoms with Gasteiger partial charge in [-0.3, -0.25) is 0 Å². The van der Waals surface area contributed by atoms with Gasteiger partial charge in [-0.05, 0) is 23.6 Å². The molecule has 0 unspecified atom stereocenters. The standard InChI is InChI=1S/C12H16O2/c1-9(2)10-3-4-12-11(7-10)8-13-5-6-14-12/h3-4,7,9H,5-6,8H2,1-2H3. The Kier molecular flexibility index (Phi) is 2.73. The van der Waals surface area contributed by atoms with Crippen molar-refractivity contribution in [1.82, 2.24) is 0 Å². The van der Waals surface area contributed by atoms with Crippen LogP contribution in [-0.2, 0) is 11.3 Å². The molecule has 0 fully saturated rings. The van der Waals surface area contributed by atoms with E-state index in [1.807, 2.05) is 0 Å². The minimum absolute atomic E-state index is 0.559. The van der Waals surface area contributed by atoms with E-state index in [1.54, 1.807) is 0 Å². The summed E-state index contributed by atoms with van der Waals surface area (Å²) in [5.41, 5.74) is 2.52. The molecule has 2 rings (SSSR count). The molecule has 0 amide bonds. The van der Waals surface area contributed by atoms with Crippen molar-refractivity contribution in [2.75, 3.05) is 13.2 Å². The Morgan fingerprint density at radius 3 is 2.86 bits per heavy atom. The van der Waals surface area contributed by atoms with E-state index in [9.17, 15) is 0 Å². The number of ether oxygens (including phenoxy) is 2. The molecular formula is C12H16O2. The molecule has 14 heavy (non-hydrogen) atoms. The van der Waals surface area contributed by atoms with Gasteiger partial charge in [0.2, 0.25) is 0 Å². The van der Waals surface area contributed by atoms with Gasteiger partial charge in [-0.15, -0.1) is 0 Å². The van der Waals surface area contributed by atoms with E-state index in [0.29, 0.717) is 25.7 Å². The van der Waals surface area contributed by atoms with Crippen LogP contribution in [0.2, 0.25) is 0 Å². The van der Waals surface area contributed by atoms with Crippen LogP contribution in [0, 0.1) is 0 Å². The van der Waals surface area contributed by atoms with Gasteiger partial charge in [0.1, 0.15) is 12.4 Å². The second-order valence-electron chi connectivity index (χ2n) is 3.92. The predicted octanol–water partition coefficient (Wildman–Crippen LogP) is 2.72. The van der Waals surface area contributed by atoms with Crippen molar-refractivity contribution >= 4 is 0 Å². The van der Waals surface area contributed by atoms with Crippen molar-refractivity contribution in [3.63, 3.8) is 0 Å². The van der Waals surface area contributed by atoms with Gasteiger partial charge in [0.15, 0.2) is 0 Å². The second-order valence-corrected chi connectivity index (χ2v) is 3.92. The normalized spacial score (nSPS) is 15.9. The van der Waals surface area contributed by atoms with E-state index in [-0.39, 0.29) is 0 Å². The average Bonchev–Trinajstić information content (AvgIpc) is 2.41. The Bertz CT molecular complexity index is 318. The smallest absolute Gasteiger partial charge is 0.124 e. The van der Waals surface area contributed by atoms with Crippen LogP contribution in [0.1, 0.15) is 30.9 Å². The first-order valence-electron chi connectivity index (χ1n) is 5.11. The summed E-state index contributed by atoms with van der Waals surface area (Å²) in [6.07, 6.45) is 0. The number of hydrogen-bond acceptors (Lipinski definition) is 2. The molecule has 2 heteroatoms. The van der Waals surface area contributed by atoms with Crippen molar-refractivity contribution in [3.8, 4) is 5.75 Å². The molecule has 0 spiro atoms. The van der Waals surface area contributed by atoms with Crippen molar-refractivity contribution in [2.24, 2.45) is 0 Å². The maximum absolute atomic E-state index is 5.56. The summed E-state index contributed by atoms with van der Waals surface area (Å²) in [4.78, 5) is 0. The van der Waals surface area contributed by atoms with Gasteiger partial charge < -0.3 is 9.47 Å². The first-order chi connectivity index (χ1) is 6.77. The molecule has 0 atom stereocenters. The van der Waals surface area contributed by atoms with E-state index >= 15 is 0 Å². The third kappa shape index (κ3) is 1.90. The summed E-state index contributed by atoms with van der Waals surface area (Å²) in [6, 6.07) is 6.37. The molecule has 0 saturated carbocycles. The molecular weight excluding hydrogens is 176 g/mol. The highest BCUT2D eigenvalue weighted by molar-refractivity contribution is 5.38. The highest BCUT2D eigenvalue weighted by Crippen LogP contribution is 2.26. The second kappa shape index (κ2) is 4.01. The Morgan fingerprint density at radius 1 is 1.21 bits per heavy atom. The Morgan fingerprint density at radius 2 is 2.07 bits per heavy atom. The lowest BCUT2D eigenvalue weighted by Crippen LogP contribution is -2.00. The first kappa shape index (κ1) is 9.53. The maximum Gasteiger partial charge on any atom is 0.124 e. The van der Waals surface area contributed by atoms with Gasteiger partial charge in [0.05, 0.1) is 13.2 Å². The average molecular weight is 192 g/mol. The molecule has 0 N–H and O–H groups in total. The third-order valence-corrected chi connectivity index (χ3v) is 2.49. The van der Waals surface area contributed by atoms with E-state index in [0.717, 1.165) is 5.75 Å². The van der Waals surface area contributed by atoms with Crippen molar-refractivity contribution in [2.45, 2.75) is 26.4 Å². The van der Waals surface area contributed by atoms with Crippen molar-refractivity contribution in [1.29, 1.82) is 0 Å². The van der Waals surface area contributed by atoms with Crippen LogP contribution in [0.3, 0.4) is 0 Å². The number of rotatable bonds is 1. The molecule has 1 aromatic carbocycles. The van der Waals surface area contributed by atoms with Gasteiger partial charge in [-0.25, -0.2) is 0 Å². The predicted molar refractivity (Wildman–Crippen MR) is 55.7 cm³/mol. The highest BCUT2D eigenvalue weighted by atomic mass is 16.5. The fraction of sp³-hybridized carbons (Fsp3) is 0.500. The van der Waals surface area contributed by atoms with Gasteiger partial charge in [0, 0.05) is 5.56 Å². The van der Waals surface area contributed by atoms with Crippen LogP contribution >= 0.6 is 0 Å². The zero-order valence-corrected chi connectivity index (χ0v) is 8.75. The highest BCUT2D eigenvalue weighted by Gasteiger charge is 2.10. The van der Waals surface area contributed by atoms with Crippen LogP contribution < -0.4 is 4.74 Å². The van der Waals surface area contributed by atoms with Crippen LogP contribution in [-0.4, -0.2) is 13.2 Å². The lowest BCUT2D eigenvalue weighted by Gasteiger charge is -2.10. The van der Waals surface area contributed by atoms with E-state index in [2.05, 4.69) is 32.0 Å².